The Morgan fingerprint density at radius 1 is 1.00 bits per heavy atom. The quantitative estimate of drug-likeness (QED) is 0.373. The molecule has 0 unspecified atom stereocenters. The molecule has 0 saturated heterocycles. The molecule has 0 radical (unpaired) electrons. The second-order valence-electron chi connectivity index (χ2n) is 8.55. The third-order valence-corrected chi connectivity index (χ3v) is 5.90. The number of nitrogens with zero attached hydrogens (tertiary/aromatic N) is 6. The molecule has 0 atom stereocenters. The van der Waals surface area contributed by atoms with Crippen LogP contribution in [0.1, 0.15) is 28.1 Å². The minimum Gasteiger partial charge on any atom is -0.321 e. The van der Waals surface area contributed by atoms with Gasteiger partial charge in [0.05, 0.1) is 18.6 Å². The van der Waals surface area contributed by atoms with Gasteiger partial charge < -0.3 is 4.98 Å². The number of pyridine rings is 2. The molecule has 1 N–H and O–H groups in total. The highest BCUT2D eigenvalue weighted by atomic mass is 19.1. The zero-order valence-electron chi connectivity index (χ0n) is 19.2. The van der Waals surface area contributed by atoms with Crippen molar-refractivity contribution < 1.29 is 4.39 Å². The zero-order valence-corrected chi connectivity index (χ0v) is 19.2. The maximum absolute atomic E-state index is 13.3. The lowest BCUT2D eigenvalue weighted by molar-refractivity contribution is 0.235. The highest BCUT2D eigenvalue weighted by molar-refractivity contribution is 5.81. The number of rotatable bonds is 8. The number of aromatic amines is 1. The summed E-state index contributed by atoms with van der Waals surface area (Å²) in [6.45, 7) is 3.77. The Bertz CT molecular complexity index is 1500. The number of hydrogen-bond donors (Lipinski definition) is 1. The number of nitrogens with one attached hydrogen (secondary N) is 1. The first kappa shape index (κ1) is 22.5. The van der Waals surface area contributed by atoms with Crippen LogP contribution < -0.4 is 5.56 Å². The first-order valence-corrected chi connectivity index (χ1v) is 11.3. The van der Waals surface area contributed by atoms with Gasteiger partial charge in [-0.15, -0.1) is 5.10 Å². The van der Waals surface area contributed by atoms with Crippen molar-refractivity contribution in [3.05, 3.63) is 117 Å². The monoisotopic (exact) mass is 469 g/mol. The fourth-order valence-corrected chi connectivity index (χ4v) is 4.13. The number of para-hydroxylation sites is 1. The summed E-state index contributed by atoms with van der Waals surface area (Å²) in [5.41, 5.74) is 4.32. The van der Waals surface area contributed by atoms with Crippen LogP contribution in [-0.4, -0.2) is 35.1 Å². The van der Waals surface area contributed by atoms with Crippen molar-refractivity contribution in [2.75, 3.05) is 0 Å². The Labute approximate surface area is 201 Å². The number of aromatic nitrogens is 6. The fourth-order valence-electron chi connectivity index (χ4n) is 4.13. The Kier molecular flexibility index (Phi) is 6.40. The maximum atomic E-state index is 13.3. The van der Waals surface area contributed by atoms with Crippen LogP contribution in [0.2, 0.25) is 0 Å². The Morgan fingerprint density at radius 2 is 1.86 bits per heavy atom. The molecule has 0 spiro atoms. The third-order valence-electron chi connectivity index (χ3n) is 5.90. The van der Waals surface area contributed by atoms with E-state index in [1.807, 2.05) is 49.5 Å². The Morgan fingerprint density at radius 3 is 2.66 bits per heavy atom. The van der Waals surface area contributed by atoms with Crippen molar-refractivity contribution in [2.45, 2.75) is 33.1 Å². The Hall–Kier alpha value is -4.24. The molecular formula is C26H24FN7O. The first-order valence-electron chi connectivity index (χ1n) is 11.3. The lowest BCUT2D eigenvalue weighted by Crippen LogP contribution is -2.28. The van der Waals surface area contributed by atoms with Crippen LogP contribution in [0.25, 0.3) is 10.9 Å². The SMILES string of the molecule is Cc1cccc2cc(CN(Cc3cccnc3)Cc3nnnn3Cc3ccc(F)cc3)c(=O)[nH]c12. The molecule has 2 aromatic carbocycles. The number of halogens is 1. The molecule has 5 rings (SSSR count). The predicted octanol–water partition coefficient (Wildman–Crippen LogP) is 3.61. The van der Waals surface area contributed by atoms with Gasteiger partial charge in [-0.2, -0.15) is 0 Å². The summed E-state index contributed by atoms with van der Waals surface area (Å²) >= 11 is 0. The van der Waals surface area contributed by atoms with Gasteiger partial charge in [0.25, 0.3) is 5.56 Å². The molecule has 9 heteroatoms. The van der Waals surface area contributed by atoms with Gasteiger partial charge in [-0.1, -0.05) is 36.4 Å². The van der Waals surface area contributed by atoms with Crippen LogP contribution >= 0.6 is 0 Å². The van der Waals surface area contributed by atoms with E-state index in [1.165, 1.54) is 12.1 Å². The molecule has 0 saturated carbocycles. The summed E-state index contributed by atoms with van der Waals surface area (Å²) in [5.74, 6) is 0.357. The lowest BCUT2D eigenvalue weighted by Gasteiger charge is -2.22. The fraction of sp³-hybridized carbons (Fsp3) is 0.192. The molecule has 0 aliphatic carbocycles. The number of H-pyrrole nitrogens is 1. The molecular weight excluding hydrogens is 445 g/mol. The van der Waals surface area contributed by atoms with E-state index in [-0.39, 0.29) is 11.4 Å². The van der Waals surface area contributed by atoms with Crippen LogP contribution in [0.4, 0.5) is 4.39 Å². The van der Waals surface area contributed by atoms with E-state index >= 15 is 0 Å². The van der Waals surface area contributed by atoms with Gasteiger partial charge in [0, 0.05) is 31.0 Å². The van der Waals surface area contributed by atoms with E-state index in [4.69, 9.17) is 0 Å². The van der Waals surface area contributed by atoms with Crippen LogP contribution in [0.5, 0.6) is 0 Å². The number of tetrazole rings is 1. The maximum Gasteiger partial charge on any atom is 0.252 e. The molecule has 3 heterocycles. The summed E-state index contributed by atoms with van der Waals surface area (Å²) in [6.07, 6.45) is 3.54. The minimum absolute atomic E-state index is 0.117. The van der Waals surface area contributed by atoms with E-state index in [2.05, 4.69) is 30.4 Å². The normalized spacial score (nSPS) is 11.4. The van der Waals surface area contributed by atoms with Gasteiger partial charge >= 0.3 is 0 Å². The number of aryl methyl sites for hydroxylation is 1. The largest absolute Gasteiger partial charge is 0.321 e. The van der Waals surface area contributed by atoms with Gasteiger partial charge in [-0.05, 0) is 63.7 Å². The standard InChI is InChI=1S/C26H24FN7O/c1-18-4-2-6-21-12-22(26(35)29-25(18)21)16-33(14-20-5-3-11-28-13-20)17-24-30-31-32-34(24)15-19-7-9-23(27)10-8-19/h2-13H,14-17H2,1H3,(H,29,35). The highest BCUT2D eigenvalue weighted by Gasteiger charge is 2.16. The van der Waals surface area contributed by atoms with E-state index in [9.17, 15) is 9.18 Å². The summed E-state index contributed by atoms with van der Waals surface area (Å²) < 4.78 is 15.0. The van der Waals surface area contributed by atoms with Gasteiger partial charge in [-0.25, -0.2) is 9.07 Å². The molecule has 0 bridgehead atoms. The molecule has 8 nitrogen and oxygen atoms in total. The number of fused-ring (bicyclic) bond motifs is 1. The van der Waals surface area contributed by atoms with Crippen molar-refractivity contribution in [3.8, 4) is 0 Å². The zero-order chi connectivity index (χ0) is 24.2. The van der Waals surface area contributed by atoms with Crippen LogP contribution in [0.15, 0.2) is 77.9 Å². The van der Waals surface area contributed by atoms with Crippen molar-refractivity contribution in [2.24, 2.45) is 0 Å². The van der Waals surface area contributed by atoms with E-state index in [0.717, 1.165) is 27.6 Å². The molecule has 0 fully saturated rings. The lowest BCUT2D eigenvalue weighted by atomic mass is 10.1. The van der Waals surface area contributed by atoms with Crippen LogP contribution in [0, 0.1) is 12.7 Å². The summed E-state index contributed by atoms with van der Waals surface area (Å²) in [5, 5.41) is 13.2. The second-order valence-corrected chi connectivity index (χ2v) is 8.55. The van der Waals surface area contributed by atoms with Crippen molar-refractivity contribution in [1.29, 1.82) is 0 Å². The third kappa shape index (κ3) is 5.30. The number of benzene rings is 2. The second kappa shape index (κ2) is 9.94. The van der Waals surface area contributed by atoms with E-state index in [0.29, 0.717) is 37.6 Å². The van der Waals surface area contributed by atoms with Gasteiger partial charge in [0.1, 0.15) is 5.82 Å². The van der Waals surface area contributed by atoms with E-state index in [1.54, 1.807) is 23.0 Å². The first-order chi connectivity index (χ1) is 17.0. The van der Waals surface area contributed by atoms with Gasteiger partial charge in [0.15, 0.2) is 5.82 Å². The van der Waals surface area contributed by atoms with Crippen LogP contribution in [-0.2, 0) is 26.2 Å². The highest BCUT2D eigenvalue weighted by Crippen LogP contribution is 2.17. The number of hydrogen-bond acceptors (Lipinski definition) is 6. The summed E-state index contributed by atoms with van der Waals surface area (Å²) in [4.78, 5) is 22.3. The van der Waals surface area contributed by atoms with E-state index < -0.39 is 0 Å². The topological polar surface area (TPSA) is 92.6 Å². The predicted molar refractivity (Wildman–Crippen MR) is 130 cm³/mol. The average Bonchev–Trinajstić information content (AvgIpc) is 3.28. The molecule has 35 heavy (non-hydrogen) atoms. The van der Waals surface area contributed by atoms with Crippen LogP contribution in [0.3, 0.4) is 0 Å². The Balaban J connectivity index is 1.43. The van der Waals surface area contributed by atoms with Crippen molar-refractivity contribution >= 4 is 10.9 Å². The molecule has 0 amide bonds. The van der Waals surface area contributed by atoms with Gasteiger partial charge in [-0.3, -0.25) is 14.7 Å². The van der Waals surface area contributed by atoms with Gasteiger partial charge in [0.2, 0.25) is 0 Å². The molecule has 3 aromatic heterocycles. The summed E-state index contributed by atoms with van der Waals surface area (Å²) in [7, 11) is 0. The minimum atomic E-state index is -0.288. The summed E-state index contributed by atoms with van der Waals surface area (Å²) in [6, 6.07) is 18.0. The molecule has 0 aliphatic rings. The van der Waals surface area contributed by atoms with Crippen molar-refractivity contribution in [3.63, 3.8) is 0 Å². The molecule has 176 valence electrons. The smallest absolute Gasteiger partial charge is 0.252 e. The van der Waals surface area contributed by atoms with Crippen molar-refractivity contribution in [1.82, 2.24) is 35.1 Å². The molecule has 0 aliphatic heterocycles. The molecule has 5 aromatic rings. The average molecular weight is 470 g/mol.